The average molecular weight is 327 g/mol. The van der Waals surface area contributed by atoms with Crippen LogP contribution >= 0.6 is 15.9 Å². The summed E-state index contributed by atoms with van der Waals surface area (Å²) in [5.74, 6) is 0. The zero-order chi connectivity index (χ0) is 14.0. The van der Waals surface area contributed by atoms with Gasteiger partial charge in [0.05, 0.1) is 6.10 Å². The summed E-state index contributed by atoms with van der Waals surface area (Å²) in [7, 11) is 0. The van der Waals surface area contributed by atoms with Gasteiger partial charge in [0.25, 0.3) is 0 Å². The molecule has 3 nitrogen and oxygen atoms in total. The number of benzene rings is 1. The highest BCUT2D eigenvalue weighted by atomic mass is 79.9. The summed E-state index contributed by atoms with van der Waals surface area (Å²) in [6, 6.07) is 6.74. The first-order valence-electron chi connectivity index (χ1n) is 6.95. The first-order chi connectivity index (χ1) is 8.99. The topological polar surface area (TPSA) is 26.7 Å². The molecule has 0 saturated carbocycles. The molecular formula is C15H23BrN2O. The van der Waals surface area contributed by atoms with E-state index in [0.29, 0.717) is 6.04 Å². The lowest BCUT2D eigenvalue weighted by Gasteiger charge is -2.39. The molecule has 0 radical (unpaired) electrons. The SMILES string of the molecule is CC(O)c1ccc(Br)cc1N1CCN(C(C)C)CC1. The molecule has 19 heavy (non-hydrogen) atoms. The largest absolute Gasteiger partial charge is 0.389 e. The van der Waals surface area contributed by atoms with E-state index < -0.39 is 6.10 Å². The van der Waals surface area contributed by atoms with Crippen LogP contribution in [0.4, 0.5) is 5.69 Å². The van der Waals surface area contributed by atoms with Crippen molar-refractivity contribution in [1.29, 1.82) is 0 Å². The first-order valence-corrected chi connectivity index (χ1v) is 7.75. The van der Waals surface area contributed by atoms with Crippen LogP contribution in [0.15, 0.2) is 22.7 Å². The molecule has 0 aliphatic carbocycles. The second kappa shape index (κ2) is 6.25. The highest BCUT2D eigenvalue weighted by Crippen LogP contribution is 2.30. The molecule has 1 aromatic carbocycles. The van der Waals surface area contributed by atoms with Crippen LogP contribution in [0.5, 0.6) is 0 Å². The Morgan fingerprint density at radius 3 is 2.26 bits per heavy atom. The molecule has 1 atom stereocenters. The Labute approximate surface area is 124 Å². The van der Waals surface area contributed by atoms with Gasteiger partial charge in [0.2, 0.25) is 0 Å². The van der Waals surface area contributed by atoms with Crippen molar-refractivity contribution in [2.24, 2.45) is 0 Å². The number of aliphatic hydroxyl groups excluding tert-OH is 1. The van der Waals surface area contributed by atoms with Crippen LogP contribution in [-0.4, -0.2) is 42.2 Å². The highest BCUT2D eigenvalue weighted by molar-refractivity contribution is 9.10. The van der Waals surface area contributed by atoms with Gasteiger partial charge in [-0.25, -0.2) is 0 Å². The van der Waals surface area contributed by atoms with Crippen LogP contribution in [0.2, 0.25) is 0 Å². The fourth-order valence-electron chi connectivity index (χ4n) is 2.62. The summed E-state index contributed by atoms with van der Waals surface area (Å²) >= 11 is 3.53. The number of aliphatic hydroxyl groups is 1. The number of hydrogen-bond donors (Lipinski definition) is 1. The zero-order valence-corrected chi connectivity index (χ0v) is 13.5. The number of piperazine rings is 1. The fraction of sp³-hybridized carbons (Fsp3) is 0.600. The summed E-state index contributed by atoms with van der Waals surface area (Å²) < 4.78 is 1.07. The van der Waals surface area contributed by atoms with Gasteiger partial charge in [-0.2, -0.15) is 0 Å². The number of anilines is 1. The van der Waals surface area contributed by atoms with Gasteiger partial charge >= 0.3 is 0 Å². The molecule has 0 bridgehead atoms. The predicted octanol–water partition coefficient (Wildman–Crippen LogP) is 3.03. The van der Waals surface area contributed by atoms with Crippen molar-refractivity contribution in [2.75, 3.05) is 31.1 Å². The van der Waals surface area contributed by atoms with Gasteiger partial charge in [0.1, 0.15) is 0 Å². The Morgan fingerprint density at radius 1 is 1.11 bits per heavy atom. The maximum Gasteiger partial charge on any atom is 0.0782 e. The van der Waals surface area contributed by atoms with Crippen LogP contribution in [0, 0.1) is 0 Å². The third kappa shape index (κ3) is 3.50. The van der Waals surface area contributed by atoms with Gasteiger partial charge in [-0.1, -0.05) is 22.0 Å². The van der Waals surface area contributed by atoms with Crippen molar-refractivity contribution < 1.29 is 5.11 Å². The van der Waals surface area contributed by atoms with E-state index >= 15 is 0 Å². The molecule has 2 rings (SSSR count). The van der Waals surface area contributed by atoms with Crippen molar-refractivity contribution in [3.05, 3.63) is 28.2 Å². The molecule has 106 valence electrons. The van der Waals surface area contributed by atoms with Gasteiger partial charge in [-0.15, -0.1) is 0 Å². The lowest BCUT2D eigenvalue weighted by atomic mass is 10.1. The Balaban J connectivity index is 2.16. The molecule has 1 unspecified atom stereocenters. The molecule has 0 spiro atoms. The minimum Gasteiger partial charge on any atom is -0.389 e. The second-order valence-electron chi connectivity index (χ2n) is 5.50. The smallest absolute Gasteiger partial charge is 0.0782 e. The molecule has 1 N–H and O–H groups in total. The maximum atomic E-state index is 9.91. The number of nitrogens with zero attached hydrogens (tertiary/aromatic N) is 2. The molecular weight excluding hydrogens is 304 g/mol. The Bertz CT molecular complexity index is 426. The van der Waals surface area contributed by atoms with Crippen molar-refractivity contribution >= 4 is 21.6 Å². The van der Waals surface area contributed by atoms with E-state index in [1.54, 1.807) is 0 Å². The van der Waals surface area contributed by atoms with Crippen LogP contribution in [0.1, 0.15) is 32.4 Å². The fourth-order valence-corrected chi connectivity index (χ4v) is 2.97. The van der Waals surface area contributed by atoms with Gasteiger partial charge in [0.15, 0.2) is 0 Å². The van der Waals surface area contributed by atoms with E-state index in [4.69, 9.17) is 0 Å². The summed E-state index contributed by atoms with van der Waals surface area (Å²) in [6.07, 6.45) is -0.425. The second-order valence-corrected chi connectivity index (χ2v) is 6.41. The minimum atomic E-state index is -0.425. The quantitative estimate of drug-likeness (QED) is 0.924. The lowest BCUT2D eigenvalue weighted by molar-refractivity contribution is 0.196. The Hall–Kier alpha value is -0.580. The van der Waals surface area contributed by atoms with Crippen LogP contribution in [-0.2, 0) is 0 Å². The van der Waals surface area contributed by atoms with Crippen LogP contribution in [0.3, 0.4) is 0 Å². The summed E-state index contributed by atoms with van der Waals surface area (Å²) in [4.78, 5) is 4.88. The zero-order valence-electron chi connectivity index (χ0n) is 11.9. The van der Waals surface area contributed by atoms with Crippen LogP contribution in [0.25, 0.3) is 0 Å². The summed E-state index contributed by atoms with van der Waals surface area (Å²) in [6.45, 7) is 10.5. The molecule has 1 fully saturated rings. The van der Waals surface area contributed by atoms with Crippen molar-refractivity contribution in [2.45, 2.75) is 32.9 Å². The van der Waals surface area contributed by atoms with Crippen LogP contribution < -0.4 is 4.90 Å². The normalized spacial score (nSPS) is 18.9. The summed E-state index contributed by atoms with van der Waals surface area (Å²) in [5.41, 5.74) is 2.17. The van der Waals surface area contributed by atoms with Gasteiger partial charge in [-0.3, -0.25) is 4.90 Å². The van der Waals surface area contributed by atoms with Gasteiger partial charge < -0.3 is 10.0 Å². The van der Waals surface area contributed by atoms with E-state index in [2.05, 4.69) is 45.6 Å². The van der Waals surface area contributed by atoms with E-state index in [1.165, 1.54) is 0 Å². The molecule has 1 aliphatic rings. The van der Waals surface area contributed by atoms with Crippen molar-refractivity contribution in [1.82, 2.24) is 4.90 Å². The van der Waals surface area contributed by atoms with E-state index in [0.717, 1.165) is 41.9 Å². The molecule has 0 amide bonds. The molecule has 1 aromatic rings. The minimum absolute atomic E-state index is 0.425. The Kier molecular flexibility index (Phi) is 4.87. The van der Waals surface area contributed by atoms with Crippen molar-refractivity contribution in [3.63, 3.8) is 0 Å². The Morgan fingerprint density at radius 2 is 1.74 bits per heavy atom. The number of rotatable bonds is 3. The van der Waals surface area contributed by atoms with Crippen molar-refractivity contribution in [3.8, 4) is 0 Å². The number of halogens is 1. The van der Waals surface area contributed by atoms with E-state index in [-0.39, 0.29) is 0 Å². The molecule has 1 aliphatic heterocycles. The average Bonchev–Trinajstić information content (AvgIpc) is 2.38. The predicted molar refractivity (Wildman–Crippen MR) is 83.7 cm³/mol. The first kappa shape index (κ1) is 14.8. The number of hydrogen-bond acceptors (Lipinski definition) is 3. The molecule has 1 heterocycles. The summed E-state index contributed by atoms with van der Waals surface area (Å²) in [5, 5.41) is 9.91. The molecule has 1 saturated heterocycles. The maximum absolute atomic E-state index is 9.91. The highest BCUT2D eigenvalue weighted by Gasteiger charge is 2.21. The lowest BCUT2D eigenvalue weighted by Crippen LogP contribution is -2.49. The monoisotopic (exact) mass is 326 g/mol. The van der Waals surface area contributed by atoms with E-state index in [1.807, 2.05) is 19.1 Å². The van der Waals surface area contributed by atoms with E-state index in [9.17, 15) is 5.11 Å². The molecule has 0 aromatic heterocycles. The standard InChI is InChI=1S/C15H23BrN2O/c1-11(2)17-6-8-18(9-7-17)15-10-13(16)4-5-14(15)12(3)19/h4-5,10-12,19H,6-9H2,1-3H3. The third-order valence-electron chi connectivity index (χ3n) is 3.83. The van der Waals surface area contributed by atoms with Gasteiger partial charge in [0, 0.05) is 47.9 Å². The third-order valence-corrected chi connectivity index (χ3v) is 4.32. The molecule has 4 heteroatoms. The van der Waals surface area contributed by atoms with Gasteiger partial charge in [-0.05, 0) is 32.9 Å².